The molecule has 0 aliphatic rings. The molecule has 3 rings (SSSR count). The highest BCUT2D eigenvalue weighted by molar-refractivity contribution is 5.92. The average molecular weight is 389 g/mol. The van der Waals surface area contributed by atoms with Crippen molar-refractivity contribution in [3.63, 3.8) is 0 Å². The maximum absolute atomic E-state index is 6.07. The number of guanidine groups is 1. The molecule has 0 radical (unpaired) electrons. The van der Waals surface area contributed by atoms with Crippen molar-refractivity contribution in [2.75, 3.05) is 12.4 Å². The lowest BCUT2D eigenvalue weighted by Gasteiger charge is -2.11. The van der Waals surface area contributed by atoms with E-state index >= 15 is 0 Å². The van der Waals surface area contributed by atoms with Crippen LogP contribution in [0.15, 0.2) is 83.9 Å². The lowest BCUT2D eigenvalue weighted by atomic mass is 10.1. The van der Waals surface area contributed by atoms with Crippen LogP contribution in [0.4, 0.5) is 5.69 Å². The number of hydrogen-bond donors (Lipinski definition) is 2. The van der Waals surface area contributed by atoms with Gasteiger partial charge in [0.25, 0.3) is 0 Å². The molecule has 5 heteroatoms. The predicted molar refractivity (Wildman–Crippen MR) is 117 cm³/mol. The number of nitrogens with one attached hydrogen (secondary N) is 1. The molecule has 0 fully saturated rings. The van der Waals surface area contributed by atoms with E-state index in [4.69, 9.17) is 15.2 Å². The molecular formula is C24H27N3O2. The topological polar surface area (TPSA) is 68.9 Å². The van der Waals surface area contributed by atoms with Crippen molar-refractivity contribution in [1.82, 2.24) is 0 Å². The van der Waals surface area contributed by atoms with Gasteiger partial charge in [0.15, 0.2) is 5.96 Å². The van der Waals surface area contributed by atoms with Crippen LogP contribution in [0, 0.1) is 0 Å². The van der Waals surface area contributed by atoms with Crippen LogP contribution in [0.25, 0.3) is 0 Å². The minimum Gasteiger partial charge on any atom is -0.380 e. The summed E-state index contributed by atoms with van der Waals surface area (Å²) in [5, 5.41) is 3.16. The maximum atomic E-state index is 6.07. The van der Waals surface area contributed by atoms with E-state index in [1.54, 1.807) is 7.11 Å². The number of ether oxygens (including phenoxy) is 2. The number of nitrogens with zero attached hydrogens (tertiary/aromatic N) is 1. The Bertz CT molecular complexity index is 926. The molecule has 0 saturated carbocycles. The molecule has 0 atom stereocenters. The Morgan fingerprint density at radius 3 is 2.34 bits per heavy atom. The molecule has 0 aliphatic heterocycles. The first-order valence-electron chi connectivity index (χ1n) is 9.58. The van der Waals surface area contributed by atoms with Crippen molar-refractivity contribution in [2.45, 2.75) is 26.4 Å². The summed E-state index contributed by atoms with van der Waals surface area (Å²) >= 11 is 0. The van der Waals surface area contributed by atoms with Gasteiger partial charge in [-0.05, 0) is 22.8 Å². The largest absolute Gasteiger partial charge is 0.380 e. The maximum Gasteiger partial charge on any atom is 0.193 e. The van der Waals surface area contributed by atoms with Crippen molar-refractivity contribution in [1.29, 1.82) is 0 Å². The van der Waals surface area contributed by atoms with Crippen LogP contribution in [0.3, 0.4) is 0 Å². The number of hydrogen-bond acceptors (Lipinski definition) is 3. The fourth-order valence-electron chi connectivity index (χ4n) is 2.96. The van der Waals surface area contributed by atoms with Gasteiger partial charge in [0.05, 0.1) is 26.4 Å². The Kier molecular flexibility index (Phi) is 7.81. The van der Waals surface area contributed by atoms with Crippen LogP contribution in [0.5, 0.6) is 0 Å². The second kappa shape index (κ2) is 11.0. The highest BCUT2D eigenvalue weighted by atomic mass is 16.5. The summed E-state index contributed by atoms with van der Waals surface area (Å²) in [6, 6.07) is 26.3. The second-order valence-electron chi connectivity index (χ2n) is 6.71. The lowest BCUT2D eigenvalue weighted by Crippen LogP contribution is -2.23. The van der Waals surface area contributed by atoms with E-state index < -0.39 is 0 Å². The molecule has 0 amide bonds. The van der Waals surface area contributed by atoms with Crippen molar-refractivity contribution in [3.05, 3.63) is 101 Å². The van der Waals surface area contributed by atoms with E-state index in [-0.39, 0.29) is 0 Å². The van der Waals surface area contributed by atoms with Gasteiger partial charge >= 0.3 is 0 Å². The number of nitrogens with two attached hydrogens (primary N) is 1. The molecule has 3 aromatic rings. The summed E-state index contributed by atoms with van der Waals surface area (Å²) in [7, 11) is 1.67. The molecule has 29 heavy (non-hydrogen) atoms. The fraction of sp³-hybridized carbons (Fsp3) is 0.208. The van der Waals surface area contributed by atoms with Crippen LogP contribution < -0.4 is 11.1 Å². The van der Waals surface area contributed by atoms with E-state index in [9.17, 15) is 0 Å². The van der Waals surface area contributed by atoms with Crippen LogP contribution >= 0.6 is 0 Å². The van der Waals surface area contributed by atoms with Gasteiger partial charge in [0, 0.05) is 18.4 Å². The van der Waals surface area contributed by atoms with Crippen LogP contribution in [0.1, 0.15) is 22.3 Å². The van der Waals surface area contributed by atoms with E-state index in [1.165, 1.54) is 5.56 Å². The highest BCUT2D eigenvalue weighted by Crippen LogP contribution is 2.16. The van der Waals surface area contributed by atoms with Gasteiger partial charge in [-0.2, -0.15) is 0 Å². The van der Waals surface area contributed by atoms with Crippen LogP contribution in [-0.2, 0) is 35.8 Å². The molecule has 0 aliphatic carbocycles. The normalized spacial score (nSPS) is 11.4. The van der Waals surface area contributed by atoms with Gasteiger partial charge in [0.1, 0.15) is 0 Å². The number of aliphatic imine (C=N–C) groups is 1. The molecule has 5 nitrogen and oxygen atoms in total. The van der Waals surface area contributed by atoms with Crippen molar-refractivity contribution < 1.29 is 9.47 Å². The number of rotatable bonds is 9. The Balaban J connectivity index is 1.54. The van der Waals surface area contributed by atoms with Crippen LogP contribution in [-0.4, -0.2) is 13.1 Å². The third-order valence-corrected chi connectivity index (χ3v) is 4.38. The fourth-order valence-corrected chi connectivity index (χ4v) is 2.96. The minimum atomic E-state index is 0.374. The van der Waals surface area contributed by atoms with Gasteiger partial charge < -0.3 is 20.5 Å². The number of benzene rings is 3. The SMILES string of the molecule is COCc1ccccc1NC(N)=NCc1cccc(COCc2ccccc2)c1. The van der Waals surface area contributed by atoms with E-state index in [2.05, 4.69) is 34.6 Å². The van der Waals surface area contributed by atoms with Crippen molar-refractivity contribution in [2.24, 2.45) is 10.7 Å². The van der Waals surface area contributed by atoms with Gasteiger partial charge in [-0.25, -0.2) is 4.99 Å². The zero-order valence-electron chi connectivity index (χ0n) is 16.7. The zero-order valence-corrected chi connectivity index (χ0v) is 16.7. The monoisotopic (exact) mass is 389 g/mol. The first-order valence-corrected chi connectivity index (χ1v) is 9.58. The molecule has 3 aromatic carbocycles. The minimum absolute atomic E-state index is 0.374. The third-order valence-electron chi connectivity index (χ3n) is 4.38. The van der Waals surface area contributed by atoms with Gasteiger partial charge in [-0.15, -0.1) is 0 Å². The summed E-state index contributed by atoms with van der Waals surface area (Å²) in [6.45, 7) is 2.17. The molecular weight excluding hydrogens is 362 g/mol. The van der Waals surface area contributed by atoms with Gasteiger partial charge in [-0.1, -0.05) is 72.8 Å². The number of anilines is 1. The highest BCUT2D eigenvalue weighted by Gasteiger charge is 2.03. The van der Waals surface area contributed by atoms with E-state index in [0.29, 0.717) is 32.3 Å². The zero-order chi connectivity index (χ0) is 20.3. The number of methoxy groups -OCH3 is 1. The summed E-state index contributed by atoms with van der Waals surface area (Å²) < 4.78 is 11.0. The second-order valence-corrected chi connectivity index (χ2v) is 6.71. The first-order chi connectivity index (χ1) is 14.2. The molecule has 3 N–H and O–H groups in total. The van der Waals surface area contributed by atoms with E-state index in [1.807, 2.05) is 54.6 Å². The molecule has 0 saturated heterocycles. The molecule has 0 bridgehead atoms. The van der Waals surface area contributed by atoms with Gasteiger partial charge in [-0.3, -0.25) is 0 Å². The van der Waals surface area contributed by atoms with Gasteiger partial charge in [0.2, 0.25) is 0 Å². The molecule has 0 aromatic heterocycles. The first kappa shape index (κ1) is 20.6. The molecule has 150 valence electrons. The smallest absolute Gasteiger partial charge is 0.193 e. The standard InChI is InChI=1S/C24H27N3O2/c1-28-18-22-12-5-6-13-23(22)27-24(25)26-15-20-10-7-11-21(14-20)17-29-16-19-8-3-2-4-9-19/h2-14H,15-18H2,1H3,(H3,25,26,27). The number of para-hydroxylation sites is 1. The van der Waals surface area contributed by atoms with E-state index in [0.717, 1.165) is 22.4 Å². The Morgan fingerprint density at radius 2 is 1.52 bits per heavy atom. The summed E-state index contributed by atoms with van der Waals surface area (Å²) in [5.41, 5.74) is 11.4. The lowest BCUT2D eigenvalue weighted by molar-refractivity contribution is 0.107. The predicted octanol–water partition coefficient (Wildman–Crippen LogP) is 4.48. The summed E-state index contributed by atoms with van der Waals surface area (Å²) in [4.78, 5) is 4.46. The molecule has 0 spiro atoms. The van der Waals surface area contributed by atoms with Crippen molar-refractivity contribution in [3.8, 4) is 0 Å². The molecule has 0 heterocycles. The third kappa shape index (κ3) is 6.75. The summed E-state index contributed by atoms with van der Waals surface area (Å²) in [5.74, 6) is 0.374. The Labute approximate surface area is 172 Å². The average Bonchev–Trinajstić information content (AvgIpc) is 2.75. The van der Waals surface area contributed by atoms with Crippen molar-refractivity contribution >= 4 is 11.6 Å². The Hall–Kier alpha value is -3.15. The Morgan fingerprint density at radius 1 is 0.828 bits per heavy atom. The molecule has 0 unspecified atom stereocenters. The van der Waals surface area contributed by atoms with Crippen LogP contribution in [0.2, 0.25) is 0 Å². The summed E-state index contributed by atoms with van der Waals surface area (Å²) in [6.07, 6.45) is 0. The quantitative estimate of drug-likeness (QED) is 0.418.